The molecular weight excluding hydrogens is 414 g/mol. The molecule has 0 aliphatic rings. The van der Waals surface area contributed by atoms with Crippen LogP contribution in [0.4, 0.5) is 0 Å². The normalized spacial score (nSPS) is 10.2. The molecule has 0 aliphatic carbocycles. The fourth-order valence-electron chi connectivity index (χ4n) is 1.43. The summed E-state index contributed by atoms with van der Waals surface area (Å²) in [7, 11) is 0. The van der Waals surface area contributed by atoms with Crippen molar-refractivity contribution < 1.29 is 29.4 Å². The lowest BCUT2D eigenvalue weighted by Crippen LogP contribution is -1.71. The minimum atomic E-state index is -3.81. The molecule has 0 aliphatic heterocycles. The average Bonchev–Trinajstić information content (AvgIpc) is 2.46. The van der Waals surface area contributed by atoms with Gasteiger partial charge in [-0.15, -0.1) is 13.2 Å². The number of hydrogen-bond donors (Lipinski definition) is 6. The van der Waals surface area contributed by atoms with Gasteiger partial charge in [0.15, 0.2) is 0 Å². The monoisotopic (exact) mass is 452 g/mol. The van der Waals surface area contributed by atoms with Crippen LogP contribution in [0.25, 0.3) is 0 Å². The maximum atomic E-state index is 7.56. The molecule has 10 heteroatoms. The van der Waals surface area contributed by atoms with Gasteiger partial charge in [-0.3, -0.25) is 0 Å². The van der Waals surface area contributed by atoms with E-state index in [0.717, 1.165) is 0 Å². The van der Waals surface area contributed by atoms with E-state index in [2.05, 4.69) is 50.6 Å². The van der Waals surface area contributed by atoms with Crippen molar-refractivity contribution in [2.45, 2.75) is 78.1 Å². The largest absolute Gasteiger partial charge is 0.325 e. The summed E-state index contributed by atoms with van der Waals surface area (Å²) in [6.07, 6.45) is 17.2. The molecule has 0 unspecified atom stereocenters. The second-order valence-electron chi connectivity index (χ2n) is 5.30. The summed E-state index contributed by atoms with van der Waals surface area (Å²) in [5.74, 6) is 0. The van der Waals surface area contributed by atoms with Crippen molar-refractivity contribution in [3.63, 3.8) is 0 Å². The first-order chi connectivity index (χ1) is 11.8. The molecule has 0 aromatic rings. The highest BCUT2D eigenvalue weighted by molar-refractivity contribution is 8.06. The van der Waals surface area contributed by atoms with E-state index in [4.69, 9.17) is 29.4 Å². The third-order valence-electron chi connectivity index (χ3n) is 2.52. The second kappa shape index (κ2) is 25.5. The molecule has 0 aromatic heterocycles. The summed E-state index contributed by atoms with van der Waals surface area (Å²) < 4.78 is 0. The molecule has 6 N–H and O–H groups in total. The fraction of sp³-hybridized carbons (Fsp3) is 0.750. The highest BCUT2D eigenvalue weighted by Crippen LogP contribution is 2.26. The number of rotatable bonds is 10. The van der Waals surface area contributed by atoms with Crippen molar-refractivity contribution in [3.05, 3.63) is 25.3 Å². The van der Waals surface area contributed by atoms with Crippen LogP contribution in [-0.2, 0) is 23.6 Å². The van der Waals surface area contributed by atoms with Crippen LogP contribution in [0.5, 0.6) is 0 Å². The lowest BCUT2D eigenvalue weighted by atomic mass is 10.2. The van der Waals surface area contributed by atoms with Gasteiger partial charge >= 0.3 is 13.4 Å². The van der Waals surface area contributed by atoms with Crippen LogP contribution < -0.4 is 0 Å². The number of allylic oxidation sites excluding steroid dienone is 2. The molecular formula is C16H38O6P2S2. The van der Waals surface area contributed by atoms with E-state index in [-0.39, 0.29) is 0 Å². The lowest BCUT2D eigenvalue weighted by Gasteiger charge is -1.91. The van der Waals surface area contributed by atoms with Crippen molar-refractivity contribution in [1.29, 1.82) is 0 Å². The number of unbranched alkanes of at least 4 members (excludes halogenated alkanes) is 8. The molecule has 0 amide bonds. The Morgan fingerprint density at radius 1 is 0.615 bits per heavy atom. The van der Waals surface area contributed by atoms with E-state index >= 15 is 0 Å². The Bertz CT molecular complexity index is 330. The molecule has 0 atom stereocenters. The predicted molar refractivity (Wildman–Crippen MR) is 120 cm³/mol. The highest BCUT2D eigenvalue weighted by atomic mass is 32.5. The smallest absolute Gasteiger partial charge is 0.319 e. The zero-order valence-corrected chi connectivity index (χ0v) is 19.5. The van der Waals surface area contributed by atoms with Gasteiger partial charge < -0.3 is 29.4 Å². The molecule has 0 radical (unpaired) electrons. The van der Waals surface area contributed by atoms with Crippen molar-refractivity contribution >= 4 is 37.1 Å². The molecule has 0 spiro atoms. The first-order valence-corrected chi connectivity index (χ1v) is 13.9. The highest BCUT2D eigenvalue weighted by Gasteiger charge is 1.92. The average molecular weight is 453 g/mol. The van der Waals surface area contributed by atoms with Crippen LogP contribution in [0.3, 0.4) is 0 Å². The Morgan fingerprint density at radius 3 is 1.00 bits per heavy atom. The van der Waals surface area contributed by atoms with E-state index in [0.29, 0.717) is 0 Å². The van der Waals surface area contributed by atoms with E-state index in [1.54, 1.807) is 0 Å². The van der Waals surface area contributed by atoms with Gasteiger partial charge in [-0.25, -0.2) is 0 Å². The van der Waals surface area contributed by atoms with Crippen LogP contribution in [0.1, 0.15) is 78.1 Å². The van der Waals surface area contributed by atoms with Gasteiger partial charge in [0.2, 0.25) is 0 Å². The van der Waals surface area contributed by atoms with Crippen molar-refractivity contribution in [1.82, 2.24) is 0 Å². The van der Waals surface area contributed by atoms with Crippen LogP contribution in [0, 0.1) is 0 Å². The molecule has 0 rings (SSSR count). The van der Waals surface area contributed by atoms with Gasteiger partial charge in [-0.05, 0) is 49.3 Å². The van der Waals surface area contributed by atoms with Crippen molar-refractivity contribution in [2.75, 3.05) is 0 Å². The Morgan fingerprint density at radius 2 is 0.846 bits per heavy atom. The van der Waals surface area contributed by atoms with Gasteiger partial charge in [0.1, 0.15) is 0 Å². The number of hydrogen-bond acceptors (Lipinski definition) is 2. The minimum absolute atomic E-state index is 1.19. The van der Waals surface area contributed by atoms with Gasteiger partial charge in [-0.2, -0.15) is 0 Å². The maximum absolute atomic E-state index is 7.56. The lowest BCUT2D eigenvalue weighted by molar-refractivity contribution is 0.361. The van der Waals surface area contributed by atoms with Crippen molar-refractivity contribution in [3.8, 4) is 0 Å². The first-order valence-electron chi connectivity index (χ1n) is 8.61. The predicted octanol–water partition coefficient (Wildman–Crippen LogP) is 4.66. The zero-order chi connectivity index (χ0) is 21.5. The fourth-order valence-corrected chi connectivity index (χ4v) is 1.43. The molecule has 160 valence electrons. The standard InChI is InChI=1S/2C8H16.2H3O3PS/c2*1-3-5-7-8-6-4-2;2*1-4(2,3)5/h2*3H,1,4-8H2,2H3;2*(H3,1,2,3,5). The van der Waals surface area contributed by atoms with E-state index < -0.39 is 13.4 Å². The van der Waals surface area contributed by atoms with Crippen LogP contribution in [-0.4, -0.2) is 29.4 Å². The molecule has 0 bridgehead atoms. The molecule has 26 heavy (non-hydrogen) atoms. The van der Waals surface area contributed by atoms with Crippen molar-refractivity contribution in [2.24, 2.45) is 0 Å². The molecule has 6 nitrogen and oxygen atoms in total. The summed E-state index contributed by atoms with van der Waals surface area (Å²) >= 11 is 7.21. The van der Waals surface area contributed by atoms with E-state index in [1.165, 1.54) is 64.2 Å². The van der Waals surface area contributed by atoms with Gasteiger partial charge in [0.25, 0.3) is 0 Å². The Hall–Kier alpha value is 0.540. The Balaban J connectivity index is -0.000000127. The molecule has 0 fully saturated rings. The van der Waals surface area contributed by atoms with Gasteiger partial charge in [0, 0.05) is 0 Å². The minimum Gasteiger partial charge on any atom is -0.325 e. The molecule has 0 saturated carbocycles. The second-order valence-corrected chi connectivity index (χ2v) is 10.3. The van der Waals surface area contributed by atoms with Crippen LogP contribution >= 0.6 is 13.4 Å². The Kier molecular flexibility index (Phi) is 33.5. The SMILES string of the molecule is C=CCCCCCC.C=CCCCCCC.OP(O)(O)=S.OP(O)(O)=S. The zero-order valence-electron chi connectivity index (χ0n) is 16.0. The third kappa shape index (κ3) is 122. The maximum Gasteiger partial charge on any atom is 0.319 e. The summed E-state index contributed by atoms with van der Waals surface area (Å²) in [4.78, 5) is 45.3. The van der Waals surface area contributed by atoms with Crippen LogP contribution in [0.2, 0.25) is 0 Å². The summed E-state index contributed by atoms with van der Waals surface area (Å²) in [5.41, 5.74) is 0. The third-order valence-corrected chi connectivity index (χ3v) is 2.52. The topological polar surface area (TPSA) is 121 Å². The Labute approximate surface area is 169 Å². The summed E-state index contributed by atoms with van der Waals surface area (Å²) in [6.45, 7) is 4.17. The summed E-state index contributed by atoms with van der Waals surface area (Å²) in [5, 5.41) is 0. The quantitative estimate of drug-likeness (QED) is 0.161. The molecule has 0 saturated heterocycles. The van der Waals surface area contributed by atoms with E-state index in [9.17, 15) is 0 Å². The van der Waals surface area contributed by atoms with Crippen LogP contribution in [0.15, 0.2) is 25.3 Å². The van der Waals surface area contributed by atoms with E-state index in [1.807, 2.05) is 12.2 Å². The van der Waals surface area contributed by atoms with Gasteiger partial charge in [-0.1, -0.05) is 64.5 Å². The molecule has 0 aromatic carbocycles. The first kappa shape index (κ1) is 34.1. The summed E-state index contributed by atoms with van der Waals surface area (Å²) in [6, 6.07) is 0. The van der Waals surface area contributed by atoms with Gasteiger partial charge in [0.05, 0.1) is 0 Å². The molecule has 0 heterocycles.